The normalized spacial score (nSPS) is 18.2. The van der Waals surface area contributed by atoms with Crippen LogP contribution in [0.5, 0.6) is 0 Å². The van der Waals surface area contributed by atoms with Crippen LogP contribution in [-0.2, 0) is 0 Å². The lowest BCUT2D eigenvalue weighted by molar-refractivity contribution is 0.0570. The highest BCUT2D eigenvalue weighted by molar-refractivity contribution is 5.97. The summed E-state index contributed by atoms with van der Waals surface area (Å²) in [4.78, 5) is 16.3. The second-order valence-electron chi connectivity index (χ2n) is 7.31. The average Bonchev–Trinajstić information content (AvgIpc) is 3.21. The van der Waals surface area contributed by atoms with Gasteiger partial charge in [-0.3, -0.25) is 4.79 Å². The average molecular weight is 386 g/mol. The maximum absolute atomic E-state index is 13.2. The number of aliphatic hydroxyl groups is 1. The standard InChI is InChI=1S/C18H26N8O2/c1-18(2,28)17(19)23-25(20)13-6-5-11-24(12-13)16(27)14-7-3-4-8-15(14)26-21-9-10-22-26/h3-4,7-10,13,28H,5-6,11-12,20H2,1-2H3,(H2,19,23). The molecule has 1 aliphatic rings. The molecule has 2 aromatic rings. The molecule has 1 fully saturated rings. The molecule has 150 valence electrons. The summed E-state index contributed by atoms with van der Waals surface area (Å²) < 4.78 is 0. The molecule has 28 heavy (non-hydrogen) atoms. The highest BCUT2D eigenvalue weighted by Crippen LogP contribution is 2.20. The van der Waals surface area contributed by atoms with Crippen LogP contribution in [0.2, 0.25) is 0 Å². The Balaban J connectivity index is 1.77. The molecule has 0 radical (unpaired) electrons. The Morgan fingerprint density at radius 1 is 1.32 bits per heavy atom. The van der Waals surface area contributed by atoms with Crippen LogP contribution < -0.4 is 11.6 Å². The van der Waals surface area contributed by atoms with Crippen molar-refractivity contribution in [3.8, 4) is 5.69 Å². The number of rotatable bonds is 5. The molecule has 0 aliphatic carbocycles. The summed E-state index contributed by atoms with van der Waals surface area (Å²) in [7, 11) is 0. The molecule has 1 aromatic carbocycles. The predicted molar refractivity (Wildman–Crippen MR) is 104 cm³/mol. The van der Waals surface area contributed by atoms with Crippen LogP contribution in [0, 0.1) is 0 Å². The summed E-state index contributed by atoms with van der Waals surface area (Å²) in [6.07, 6.45) is 4.68. The first-order valence-electron chi connectivity index (χ1n) is 9.13. The molecule has 1 aliphatic heterocycles. The zero-order valence-electron chi connectivity index (χ0n) is 16.1. The van der Waals surface area contributed by atoms with Gasteiger partial charge in [-0.05, 0) is 38.8 Å². The van der Waals surface area contributed by atoms with Crippen molar-refractivity contribution in [2.75, 3.05) is 13.1 Å². The molecule has 2 heterocycles. The van der Waals surface area contributed by atoms with E-state index >= 15 is 0 Å². The van der Waals surface area contributed by atoms with Gasteiger partial charge in [0.1, 0.15) is 5.60 Å². The minimum atomic E-state index is -1.27. The number of amidine groups is 1. The largest absolute Gasteiger partial charge is 0.383 e. The van der Waals surface area contributed by atoms with Crippen LogP contribution in [0.3, 0.4) is 0 Å². The van der Waals surface area contributed by atoms with E-state index in [0.29, 0.717) is 24.3 Å². The Labute approximate surface area is 163 Å². The highest BCUT2D eigenvalue weighted by Gasteiger charge is 2.29. The fourth-order valence-electron chi connectivity index (χ4n) is 3.02. The lowest BCUT2D eigenvalue weighted by atomic mass is 10.0. The molecule has 1 saturated heterocycles. The third-order valence-corrected chi connectivity index (χ3v) is 4.68. The van der Waals surface area contributed by atoms with Crippen LogP contribution >= 0.6 is 0 Å². The number of amides is 1. The van der Waals surface area contributed by atoms with Crippen molar-refractivity contribution in [3.05, 3.63) is 42.2 Å². The quantitative estimate of drug-likeness (QED) is 0.286. The monoisotopic (exact) mass is 386 g/mol. The number of carbonyl (C=O) groups is 1. The predicted octanol–water partition coefficient (Wildman–Crippen LogP) is 0.0907. The van der Waals surface area contributed by atoms with E-state index in [9.17, 15) is 9.90 Å². The first-order chi connectivity index (χ1) is 13.3. The molecule has 5 N–H and O–H groups in total. The third kappa shape index (κ3) is 4.29. The number of carbonyl (C=O) groups excluding carboxylic acids is 1. The number of hydrazine groups is 1. The van der Waals surface area contributed by atoms with Crippen molar-refractivity contribution in [1.82, 2.24) is 25.0 Å². The van der Waals surface area contributed by atoms with Gasteiger partial charge in [0.2, 0.25) is 0 Å². The van der Waals surface area contributed by atoms with E-state index in [0.717, 1.165) is 12.8 Å². The topological polar surface area (TPSA) is 139 Å². The summed E-state index contributed by atoms with van der Waals surface area (Å²) in [6, 6.07) is 7.01. The molecule has 0 spiro atoms. The molecule has 0 saturated carbocycles. The van der Waals surface area contributed by atoms with Gasteiger partial charge in [-0.25, -0.2) is 11.0 Å². The Morgan fingerprint density at radius 3 is 2.68 bits per heavy atom. The van der Waals surface area contributed by atoms with Gasteiger partial charge in [-0.1, -0.05) is 12.1 Å². The maximum atomic E-state index is 13.2. The van der Waals surface area contributed by atoms with Crippen LogP contribution in [0.4, 0.5) is 0 Å². The first kappa shape index (κ1) is 19.8. The molecule has 10 nitrogen and oxygen atoms in total. The Kier molecular flexibility index (Phi) is 5.61. The van der Waals surface area contributed by atoms with E-state index < -0.39 is 5.60 Å². The van der Waals surface area contributed by atoms with Crippen molar-refractivity contribution >= 4 is 11.7 Å². The van der Waals surface area contributed by atoms with Crippen LogP contribution in [0.25, 0.3) is 5.69 Å². The Morgan fingerprint density at radius 2 is 2.00 bits per heavy atom. The highest BCUT2D eigenvalue weighted by atomic mass is 16.3. The molecule has 3 rings (SSSR count). The van der Waals surface area contributed by atoms with Gasteiger partial charge in [0.25, 0.3) is 5.91 Å². The molecule has 0 bridgehead atoms. The summed E-state index contributed by atoms with van der Waals surface area (Å²) in [6.45, 7) is 4.10. The Hall–Kier alpha value is -2.98. The van der Waals surface area contributed by atoms with Crippen molar-refractivity contribution < 1.29 is 9.90 Å². The zero-order valence-corrected chi connectivity index (χ0v) is 16.1. The fourth-order valence-corrected chi connectivity index (χ4v) is 3.02. The van der Waals surface area contributed by atoms with Crippen molar-refractivity contribution in [3.63, 3.8) is 0 Å². The molecular formula is C18H26N8O2. The smallest absolute Gasteiger partial charge is 0.256 e. The SMILES string of the molecule is CC(C)(O)/C(N)=N/N(N)C1CCCN(C(=O)c2ccccc2-n2nccn2)C1. The third-order valence-electron chi connectivity index (χ3n) is 4.68. The summed E-state index contributed by atoms with van der Waals surface area (Å²) in [5.41, 5.74) is 5.67. The van der Waals surface area contributed by atoms with Gasteiger partial charge in [0.15, 0.2) is 5.84 Å². The van der Waals surface area contributed by atoms with Gasteiger partial charge in [-0.15, -0.1) is 5.10 Å². The van der Waals surface area contributed by atoms with E-state index in [-0.39, 0.29) is 17.8 Å². The molecule has 1 unspecified atom stereocenters. The number of hydrogen-bond donors (Lipinski definition) is 3. The van der Waals surface area contributed by atoms with E-state index in [1.807, 2.05) is 12.1 Å². The van der Waals surface area contributed by atoms with E-state index in [1.54, 1.807) is 29.4 Å². The summed E-state index contributed by atoms with van der Waals surface area (Å²) >= 11 is 0. The number of piperidine rings is 1. The number of hydrazone groups is 1. The number of benzene rings is 1. The van der Waals surface area contributed by atoms with Crippen LogP contribution in [-0.4, -0.2) is 66.6 Å². The van der Waals surface area contributed by atoms with Gasteiger partial charge in [-0.2, -0.15) is 15.0 Å². The minimum Gasteiger partial charge on any atom is -0.383 e. The number of likely N-dealkylation sites (tertiary alicyclic amines) is 1. The lowest BCUT2D eigenvalue weighted by Crippen LogP contribution is -2.52. The zero-order chi connectivity index (χ0) is 20.3. The van der Waals surface area contributed by atoms with Gasteiger partial charge < -0.3 is 15.7 Å². The van der Waals surface area contributed by atoms with Crippen molar-refractivity contribution in [2.24, 2.45) is 16.7 Å². The van der Waals surface area contributed by atoms with Crippen LogP contribution in [0.1, 0.15) is 37.0 Å². The molecule has 1 amide bonds. The van der Waals surface area contributed by atoms with Gasteiger partial charge in [0, 0.05) is 13.1 Å². The molecule has 1 atom stereocenters. The molecule has 10 heteroatoms. The number of para-hydroxylation sites is 1. The first-order valence-corrected chi connectivity index (χ1v) is 9.13. The van der Waals surface area contributed by atoms with Crippen molar-refractivity contribution in [2.45, 2.75) is 38.3 Å². The lowest BCUT2D eigenvalue weighted by Gasteiger charge is -2.36. The second-order valence-corrected chi connectivity index (χ2v) is 7.31. The van der Waals surface area contributed by atoms with E-state index in [4.69, 9.17) is 11.6 Å². The minimum absolute atomic E-state index is 0.0218. The van der Waals surface area contributed by atoms with E-state index in [1.165, 1.54) is 23.8 Å². The number of aromatic nitrogens is 3. The van der Waals surface area contributed by atoms with Gasteiger partial charge in [0.05, 0.1) is 29.7 Å². The van der Waals surface area contributed by atoms with Crippen molar-refractivity contribution in [1.29, 1.82) is 0 Å². The number of nitrogens with two attached hydrogens (primary N) is 2. The summed E-state index contributed by atoms with van der Waals surface area (Å²) in [5.74, 6) is 5.95. The summed E-state index contributed by atoms with van der Waals surface area (Å²) in [5, 5.41) is 23.5. The second kappa shape index (κ2) is 7.95. The number of hydrogen-bond acceptors (Lipinski definition) is 7. The maximum Gasteiger partial charge on any atom is 0.256 e. The number of nitrogens with zero attached hydrogens (tertiary/aromatic N) is 6. The Bertz CT molecular complexity index is 844. The van der Waals surface area contributed by atoms with Crippen LogP contribution in [0.15, 0.2) is 41.8 Å². The van der Waals surface area contributed by atoms with Gasteiger partial charge >= 0.3 is 0 Å². The van der Waals surface area contributed by atoms with E-state index in [2.05, 4.69) is 15.3 Å². The fraction of sp³-hybridized carbons (Fsp3) is 0.444. The molecular weight excluding hydrogens is 360 g/mol. The molecule has 1 aromatic heterocycles.